The number of piperidine rings is 1. The van der Waals surface area contributed by atoms with E-state index in [1.165, 1.54) is 0 Å². The highest BCUT2D eigenvalue weighted by molar-refractivity contribution is 7.09. The molecule has 1 saturated heterocycles. The number of nitrogens with two attached hydrogens (primary N) is 1. The summed E-state index contributed by atoms with van der Waals surface area (Å²) in [6.07, 6.45) is 3.32. The van der Waals surface area contributed by atoms with Crippen molar-refractivity contribution < 1.29 is 4.39 Å². The molecule has 6 rings (SSSR count). The highest BCUT2D eigenvalue weighted by Crippen LogP contribution is 2.63. The van der Waals surface area contributed by atoms with Crippen molar-refractivity contribution in [3.63, 3.8) is 0 Å². The Kier molecular flexibility index (Phi) is 3.94. The van der Waals surface area contributed by atoms with Crippen LogP contribution in [-0.2, 0) is 5.41 Å². The molecule has 0 radical (unpaired) electrons. The average molecular weight is 437 g/mol. The van der Waals surface area contributed by atoms with Gasteiger partial charge in [0.15, 0.2) is 5.82 Å². The van der Waals surface area contributed by atoms with Gasteiger partial charge in [0.05, 0.1) is 17.6 Å². The molecule has 0 aromatic carbocycles. The van der Waals surface area contributed by atoms with Gasteiger partial charge in [-0.1, -0.05) is 0 Å². The van der Waals surface area contributed by atoms with Crippen molar-refractivity contribution in [3.8, 4) is 11.3 Å². The minimum Gasteiger partial charge on any atom is -0.355 e. The number of aromatic nitrogens is 6. The van der Waals surface area contributed by atoms with Crippen molar-refractivity contribution in [3.05, 3.63) is 46.1 Å². The fourth-order valence-electron chi connectivity index (χ4n) is 5.06. The minimum absolute atomic E-state index is 0.00317. The van der Waals surface area contributed by atoms with E-state index in [1.807, 2.05) is 6.92 Å². The molecule has 158 valence electrons. The highest BCUT2D eigenvalue weighted by Gasteiger charge is 2.69. The first kappa shape index (κ1) is 18.8. The Labute approximate surface area is 181 Å². The van der Waals surface area contributed by atoms with E-state index in [-0.39, 0.29) is 11.2 Å². The molecule has 0 amide bonds. The summed E-state index contributed by atoms with van der Waals surface area (Å²) in [5.41, 5.74) is 9.54. The number of anilines is 1. The Bertz CT molecular complexity index is 1300. The van der Waals surface area contributed by atoms with Crippen molar-refractivity contribution in [2.45, 2.75) is 19.3 Å². The normalized spacial score (nSPS) is 24.7. The molecular weight excluding hydrogens is 415 g/mol. The summed E-state index contributed by atoms with van der Waals surface area (Å²) in [6, 6.07) is 1.62. The van der Waals surface area contributed by atoms with Crippen LogP contribution >= 0.6 is 11.3 Å². The topological polar surface area (TPSA) is 110 Å². The van der Waals surface area contributed by atoms with Crippen LogP contribution in [-0.4, -0.2) is 49.8 Å². The Morgan fingerprint density at radius 2 is 2.06 bits per heavy atom. The van der Waals surface area contributed by atoms with Crippen molar-refractivity contribution in [1.29, 1.82) is 0 Å². The molecule has 8 nitrogen and oxygen atoms in total. The predicted molar refractivity (Wildman–Crippen MR) is 116 cm³/mol. The van der Waals surface area contributed by atoms with Crippen LogP contribution < -0.4 is 10.6 Å². The van der Waals surface area contributed by atoms with Crippen LogP contribution in [0, 0.1) is 31.5 Å². The monoisotopic (exact) mass is 436 g/mol. The van der Waals surface area contributed by atoms with E-state index in [9.17, 15) is 4.39 Å². The number of pyridine rings is 1. The van der Waals surface area contributed by atoms with E-state index in [4.69, 9.17) is 15.7 Å². The summed E-state index contributed by atoms with van der Waals surface area (Å²) >= 11 is 1.72. The number of aromatic amines is 1. The molecule has 0 spiro atoms. The molecule has 1 unspecified atom stereocenters. The molecule has 4 aromatic heterocycles. The lowest BCUT2D eigenvalue weighted by molar-refractivity contribution is 0.549. The van der Waals surface area contributed by atoms with Gasteiger partial charge in [-0.25, -0.2) is 19.3 Å². The van der Waals surface area contributed by atoms with Crippen molar-refractivity contribution in [2.75, 3.05) is 24.5 Å². The first-order valence-corrected chi connectivity index (χ1v) is 11.1. The van der Waals surface area contributed by atoms with E-state index in [0.29, 0.717) is 46.5 Å². The van der Waals surface area contributed by atoms with E-state index < -0.39 is 0 Å². The molecule has 10 heteroatoms. The molecule has 2 aliphatic rings. The summed E-state index contributed by atoms with van der Waals surface area (Å²) in [5.74, 6) is 1.35. The van der Waals surface area contributed by atoms with Crippen molar-refractivity contribution in [2.24, 2.45) is 17.6 Å². The largest absolute Gasteiger partial charge is 0.355 e. The van der Waals surface area contributed by atoms with Crippen LogP contribution in [0.1, 0.15) is 16.4 Å². The number of halogens is 1. The molecular formula is C21H21FN8S. The van der Waals surface area contributed by atoms with Crippen LogP contribution in [0.15, 0.2) is 23.8 Å². The van der Waals surface area contributed by atoms with E-state index >= 15 is 0 Å². The lowest BCUT2D eigenvalue weighted by atomic mass is 10.0. The second-order valence-corrected chi connectivity index (χ2v) is 9.27. The maximum absolute atomic E-state index is 14.5. The van der Waals surface area contributed by atoms with Crippen molar-refractivity contribution in [1.82, 2.24) is 30.1 Å². The lowest BCUT2D eigenvalue weighted by Crippen LogP contribution is -2.35. The van der Waals surface area contributed by atoms with Gasteiger partial charge >= 0.3 is 0 Å². The number of hydrogen-bond acceptors (Lipinski definition) is 8. The van der Waals surface area contributed by atoms with Gasteiger partial charge in [-0.15, -0.1) is 11.3 Å². The summed E-state index contributed by atoms with van der Waals surface area (Å²) in [4.78, 5) is 20.2. The zero-order valence-electron chi connectivity index (χ0n) is 17.1. The number of fused-ring (bicyclic) bond motifs is 2. The third-order valence-corrected chi connectivity index (χ3v) is 7.95. The number of thiazole rings is 1. The maximum atomic E-state index is 14.5. The van der Waals surface area contributed by atoms with Crippen LogP contribution in [0.2, 0.25) is 0 Å². The van der Waals surface area contributed by atoms with E-state index in [1.54, 1.807) is 36.7 Å². The second-order valence-electron chi connectivity index (χ2n) is 8.41. The first-order valence-electron chi connectivity index (χ1n) is 10.2. The molecule has 2 fully saturated rings. The molecule has 1 aliphatic carbocycles. The van der Waals surface area contributed by atoms with Gasteiger partial charge in [0.25, 0.3) is 0 Å². The number of rotatable bonds is 4. The Morgan fingerprint density at radius 3 is 2.77 bits per heavy atom. The van der Waals surface area contributed by atoms with Gasteiger partial charge in [0, 0.05) is 47.9 Å². The number of aryl methyl sites for hydroxylation is 2. The molecule has 31 heavy (non-hydrogen) atoms. The second kappa shape index (κ2) is 6.51. The number of nitrogens with one attached hydrogen (secondary N) is 1. The summed E-state index contributed by atoms with van der Waals surface area (Å²) < 4.78 is 14.5. The zero-order valence-corrected chi connectivity index (χ0v) is 17.9. The molecule has 0 bridgehead atoms. The molecule has 3 atom stereocenters. The molecule has 1 aliphatic heterocycles. The number of H-pyrrole nitrogens is 1. The predicted octanol–water partition coefficient (Wildman–Crippen LogP) is 2.59. The third-order valence-electron chi connectivity index (χ3n) is 6.80. The molecule has 4 aromatic rings. The van der Waals surface area contributed by atoms with Gasteiger partial charge in [-0.2, -0.15) is 5.10 Å². The molecule has 3 N–H and O–H groups in total. The Hall–Kier alpha value is -2.98. The van der Waals surface area contributed by atoms with Gasteiger partial charge in [0.1, 0.15) is 16.3 Å². The fraction of sp³-hybridized carbons (Fsp3) is 0.381. The fourth-order valence-corrected chi connectivity index (χ4v) is 6.20. The van der Waals surface area contributed by atoms with Gasteiger partial charge < -0.3 is 10.6 Å². The standard InChI is InChI=1S/C21H21FN8S/c1-10-8-31-20(26-10)21(9-23)13-6-30(7-14(13)21)15-5-25-18-17(28-29-19(18)27-15)12-3-4-24-11(2)16(12)22/h3-5,8,13-14H,6-7,9,23H2,1-2H3,(H,27,28,29)/t13-,14+,21?. The number of hydrogen-bond donors (Lipinski definition) is 2. The maximum Gasteiger partial charge on any atom is 0.202 e. The van der Waals surface area contributed by atoms with Gasteiger partial charge in [0.2, 0.25) is 5.65 Å². The van der Waals surface area contributed by atoms with Gasteiger partial charge in [-0.3, -0.25) is 10.1 Å². The smallest absolute Gasteiger partial charge is 0.202 e. The summed E-state index contributed by atoms with van der Waals surface area (Å²) in [6.45, 7) is 6.02. The van der Waals surface area contributed by atoms with Crippen LogP contribution in [0.25, 0.3) is 22.4 Å². The van der Waals surface area contributed by atoms with Gasteiger partial charge in [-0.05, 0) is 31.7 Å². The Balaban J connectivity index is 1.28. The molecule has 1 saturated carbocycles. The summed E-state index contributed by atoms with van der Waals surface area (Å²) in [7, 11) is 0. The first-order chi connectivity index (χ1) is 15.0. The number of nitrogens with zero attached hydrogens (tertiary/aromatic N) is 6. The molecule has 5 heterocycles. The average Bonchev–Trinajstić information content (AvgIpc) is 3.26. The van der Waals surface area contributed by atoms with Crippen LogP contribution in [0.3, 0.4) is 0 Å². The zero-order chi connectivity index (χ0) is 21.3. The Morgan fingerprint density at radius 1 is 1.26 bits per heavy atom. The quantitative estimate of drug-likeness (QED) is 0.506. The SMILES string of the molecule is Cc1csc(C2(CN)[C@@H]3CN(c4cnc5c(-c6ccnc(C)c6F)[nH]nc5n4)C[C@@H]32)n1. The minimum atomic E-state index is -0.380. The van der Waals surface area contributed by atoms with Crippen LogP contribution in [0.4, 0.5) is 10.2 Å². The van der Waals surface area contributed by atoms with E-state index in [0.717, 1.165) is 29.6 Å². The van der Waals surface area contributed by atoms with Crippen molar-refractivity contribution >= 4 is 28.3 Å². The van der Waals surface area contributed by atoms with Crippen LogP contribution in [0.5, 0.6) is 0 Å². The summed E-state index contributed by atoms with van der Waals surface area (Å²) in [5, 5.41) is 10.4. The highest BCUT2D eigenvalue weighted by atomic mass is 32.1. The lowest BCUT2D eigenvalue weighted by Gasteiger charge is -2.25. The third kappa shape index (κ3) is 2.58. The van der Waals surface area contributed by atoms with E-state index in [2.05, 4.69) is 30.4 Å².